The van der Waals surface area contributed by atoms with Crippen LogP contribution in [0.15, 0.2) is 5.38 Å². The molecule has 1 N–H and O–H groups in total. The highest BCUT2D eigenvalue weighted by atomic mass is 32.1. The Kier molecular flexibility index (Phi) is 5.63. The summed E-state index contributed by atoms with van der Waals surface area (Å²) in [6, 6.07) is 0. The van der Waals surface area contributed by atoms with Crippen molar-refractivity contribution < 1.29 is 0 Å². The van der Waals surface area contributed by atoms with E-state index < -0.39 is 0 Å². The number of rotatable bonds is 8. The van der Waals surface area contributed by atoms with Gasteiger partial charge in [0.25, 0.3) is 0 Å². The third-order valence-electron chi connectivity index (χ3n) is 4.37. The van der Waals surface area contributed by atoms with Gasteiger partial charge >= 0.3 is 0 Å². The van der Waals surface area contributed by atoms with Gasteiger partial charge in [0.1, 0.15) is 5.01 Å². The first kappa shape index (κ1) is 15.4. The molecule has 0 aromatic carbocycles. The van der Waals surface area contributed by atoms with Gasteiger partial charge in [0.15, 0.2) is 0 Å². The quantitative estimate of drug-likeness (QED) is 0.746. The van der Waals surface area contributed by atoms with Crippen molar-refractivity contribution in [2.24, 2.45) is 5.92 Å². The van der Waals surface area contributed by atoms with Crippen molar-refractivity contribution in [2.45, 2.75) is 39.3 Å². The summed E-state index contributed by atoms with van der Waals surface area (Å²) in [4.78, 5) is 9.96. The standard InChI is InChI=1S/C16H28N4S/c1-2-5-17-10-16-18-15(13-21-16)12-20-8-6-19(7-9-20)11-14-3-4-14/h13-14,17H,2-12H2,1H3. The molecule has 1 saturated carbocycles. The Balaban J connectivity index is 1.38. The fourth-order valence-corrected chi connectivity index (χ4v) is 3.65. The molecule has 118 valence electrons. The van der Waals surface area contributed by atoms with Crippen LogP contribution in [0.3, 0.4) is 0 Å². The van der Waals surface area contributed by atoms with E-state index in [4.69, 9.17) is 4.98 Å². The van der Waals surface area contributed by atoms with Gasteiger partial charge in [-0.3, -0.25) is 4.90 Å². The summed E-state index contributed by atoms with van der Waals surface area (Å²) in [5.74, 6) is 1.02. The molecule has 0 bridgehead atoms. The summed E-state index contributed by atoms with van der Waals surface area (Å²) < 4.78 is 0. The summed E-state index contributed by atoms with van der Waals surface area (Å²) >= 11 is 1.80. The van der Waals surface area contributed by atoms with Crippen molar-refractivity contribution in [1.29, 1.82) is 0 Å². The minimum atomic E-state index is 0.924. The molecule has 1 aromatic rings. The number of aromatic nitrogens is 1. The van der Waals surface area contributed by atoms with Gasteiger partial charge < -0.3 is 10.2 Å². The van der Waals surface area contributed by atoms with Gasteiger partial charge in [-0.15, -0.1) is 11.3 Å². The Hall–Kier alpha value is -0.490. The van der Waals surface area contributed by atoms with Gasteiger partial charge in [-0.1, -0.05) is 6.92 Å². The van der Waals surface area contributed by atoms with Crippen LogP contribution in [0.5, 0.6) is 0 Å². The number of piperazine rings is 1. The third kappa shape index (κ3) is 5.02. The predicted octanol–water partition coefficient (Wildman–Crippen LogP) is 2.17. The smallest absolute Gasteiger partial charge is 0.107 e. The van der Waals surface area contributed by atoms with Crippen LogP contribution in [0.1, 0.15) is 36.9 Å². The van der Waals surface area contributed by atoms with Gasteiger partial charge in [0.05, 0.1) is 5.69 Å². The zero-order chi connectivity index (χ0) is 14.5. The molecule has 0 amide bonds. The molecule has 0 unspecified atom stereocenters. The Morgan fingerprint density at radius 1 is 1.24 bits per heavy atom. The van der Waals surface area contributed by atoms with Crippen LogP contribution in [0.25, 0.3) is 0 Å². The van der Waals surface area contributed by atoms with E-state index in [0.29, 0.717) is 0 Å². The molecule has 2 fully saturated rings. The molecule has 0 atom stereocenters. The number of thiazole rings is 1. The highest BCUT2D eigenvalue weighted by Crippen LogP contribution is 2.30. The lowest BCUT2D eigenvalue weighted by molar-refractivity contribution is 0.122. The molecular formula is C16H28N4S. The summed E-state index contributed by atoms with van der Waals surface area (Å²) in [5.41, 5.74) is 1.25. The second-order valence-corrected chi connectivity index (χ2v) is 7.37. The normalized spacial score (nSPS) is 21.0. The summed E-state index contributed by atoms with van der Waals surface area (Å²) in [6.07, 6.45) is 4.12. The monoisotopic (exact) mass is 308 g/mol. The Morgan fingerprint density at radius 2 is 2.00 bits per heavy atom. The largest absolute Gasteiger partial charge is 0.310 e. The van der Waals surface area contributed by atoms with E-state index in [2.05, 4.69) is 27.4 Å². The van der Waals surface area contributed by atoms with Gasteiger partial charge in [-0.05, 0) is 31.7 Å². The minimum absolute atomic E-state index is 0.924. The van der Waals surface area contributed by atoms with E-state index in [1.807, 2.05) is 0 Å². The second-order valence-electron chi connectivity index (χ2n) is 6.43. The minimum Gasteiger partial charge on any atom is -0.310 e. The van der Waals surface area contributed by atoms with E-state index in [1.165, 1.54) is 62.7 Å². The third-order valence-corrected chi connectivity index (χ3v) is 5.26. The van der Waals surface area contributed by atoms with E-state index in [-0.39, 0.29) is 0 Å². The summed E-state index contributed by atoms with van der Waals surface area (Å²) in [5, 5.41) is 6.89. The van der Waals surface area contributed by atoms with E-state index >= 15 is 0 Å². The topological polar surface area (TPSA) is 31.4 Å². The first-order valence-electron chi connectivity index (χ1n) is 8.42. The molecule has 1 saturated heterocycles. The second kappa shape index (κ2) is 7.68. The van der Waals surface area contributed by atoms with Gasteiger partial charge in [-0.25, -0.2) is 4.98 Å². The SMILES string of the molecule is CCCNCc1nc(CN2CCN(CC3CC3)CC2)cs1. The summed E-state index contributed by atoms with van der Waals surface area (Å²) in [7, 11) is 0. The number of hydrogen-bond donors (Lipinski definition) is 1. The maximum Gasteiger partial charge on any atom is 0.107 e. The average Bonchev–Trinajstić information content (AvgIpc) is 3.20. The zero-order valence-corrected chi connectivity index (χ0v) is 14.0. The fourth-order valence-electron chi connectivity index (χ4n) is 2.90. The van der Waals surface area contributed by atoms with Crippen LogP contribution in [0.4, 0.5) is 0 Å². The van der Waals surface area contributed by atoms with Gasteiger partial charge in [0.2, 0.25) is 0 Å². The maximum atomic E-state index is 4.75. The molecule has 5 heteroatoms. The lowest BCUT2D eigenvalue weighted by Crippen LogP contribution is -2.46. The number of nitrogens with one attached hydrogen (secondary N) is 1. The molecular weight excluding hydrogens is 280 g/mol. The van der Waals surface area contributed by atoms with E-state index in [9.17, 15) is 0 Å². The van der Waals surface area contributed by atoms with Crippen molar-refractivity contribution in [2.75, 3.05) is 39.3 Å². The van der Waals surface area contributed by atoms with Crippen LogP contribution in [0.2, 0.25) is 0 Å². The van der Waals surface area contributed by atoms with Crippen molar-refractivity contribution >= 4 is 11.3 Å². The van der Waals surface area contributed by atoms with Gasteiger partial charge in [-0.2, -0.15) is 0 Å². The number of nitrogens with zero attached hydrogens (tertiary/aromatic N) is 3. The fraction of sp³-hybridized carbons (Fsp3) is 0.812. The lowest BCUT2D eigenvalue weighted by Gasteiger charge is -2.34. The molecule has 3 rings (SSSR count). The zero-order valence-electron chi connectivity index (χ0n) is 13.2. The molecule has 0 radical (unpaired) electrons. The van der Waals surface area contributed by atoms with Gasteiger partial charge in [0, 0.05) is 51.2 Å². The highest BCUT2D eigenvalue weighted by molar-refractivity contribution is 7.09. The average molecular weight is 308 g/mol. The molecule has 1 aliphatic heterocycles. The van der Waals surface area contributed by atoms with Crippen molar-refractivity contribution in [3.8, 4) is 0 Å². The highest BCUT2D eigenvalue weighted by Gasteiger charge is 2.26. The van der Waals surface area contributed by atoms with Crippen molar-refractivity contribution in [1.82, 2.24) is 20.1 Å². The van der Waals surface area contributed by atoms with Crippen LogP contribution < -0.4 is 5.32 Å². The van der Waals surface area contributed by atoms with Crippen LogP contribution in [0, 0.1) is 5.92 Å². The molecule has 2 aliphatic rings. The molecule has 1 aliphatic carbocycles. The Labute approximate surface area is 132 Å². The van der Waals surface area contributed by atoms with Crippen molar-refractivity contribution in [3.63, 3.8) is 0 Å². The maximum absolute atomic E-state index is 4.75. The van der Waals surface area contributed by atoms with Crippen LogP contribution in [-0.4, -0.2) is 54.1 Å². The first-order valence-corrected chi connectivity index (χ1v) is 9.30. The molecule has 21 heavy (non-hydrogen) atoms. The molecule has 4 nitrogen and oxygen atoms in total. The number of hydrogen-bond acceptors (Lipinski definition) is 5. The molecule has 2 heterocycles. The summed E-state index contributed by atoms with van der Waals surface area (Å²) in [6.45, 7) is 11.5. The molecule has 0 spiro atoms. The lowest BCUT2D eigenvalue weighted by atomic mass is 10.2. The predicted molar refractivity (Wildman–Crippen MR) is 88.6 cm³/mol. The van der Waals surface area contributed by atoms with E-state index in [1.54, 1.807) is 11.3 Å². The van der Waals surface area contributed by atoms with Crippen LogP contribution >= 0.6 is 11.3 Å². The Morgan fingerprint density at radius 3 is 2.71 bits per heavy atom. The van der Waals surface area contributed by atoms with Crippen molar-refractivity contribution in [3.05, 3.63) is 16.1 Å². The van der Waals surface area contributed by atoms with Crippen LogP contribution in [-0.2, 0) is 13.1 Å². The first-order chi connectivity index (χ1) is 10.3. The van der Waals surface area contributed by atoms with E-state index in [0.717, 1.165) is 25.6 Å². The molecule has 1 aromatic heterocycles. The Bertz CT molecular complexity index is 422.